The van der Waals surface area contributed by atoms with Gasteiger partial charge in [0.05, 0.1) is 0 Å². The molecule has 0 spiro atoms. The molecule has 1 atom stereocenters. The highest BCUT2D eigenvalue weighted by Crippen LogP contribution is 2.06. The van der Waals surface area contributed by atoms with E-state index in [1.807, 2.05) is 24.0 Å². The summed E-state index contributed by atoms with van der Waals surface area (Å²) in [6, 6.07) is 5.92. The molecule has 2 heterocycles. The number of nitrogens with zero attached hydrogens (tertiary/aromatic N) is 2. The molecule has 4 heteroatoms. The monoisotopic (exact) mass is 219 g/mol. The molecule has 86 valence electrons. The van der Waals surface area contributed by atoms with Gasteiger partial charge in [0.1, 0.15) is 5.69 Å². The third-order valence-corrected chi connectivity index (χ3v) is 2.76. The summed E-state index contributed by atoms with van der Waals surface area (Å²) in [6.07, 6.45) is 0. The lowest BCUT2D eigenvalue weighted by Crippen LogP contribution is -2.51. The molecule has 1 amide bonds. The van der Waals surface area contributed by atoms with Gasteiger partial charge in [-0.15, -0.1) is 0 Å². The van der Waals surface area contributed by atoms with Gasteiger partial charge in [-0.05, 0) is 26.0 Å². The van der Waals surface area contributed by atoms with Gasteiger partial charge in [-0.25, -0.2) is 4.98 Å². The van der Waals surface area contributed by atoms with Crippen LogP contribution in [0.2, 0.25) is 0 Å². The molecule has 1 unspecified atom stereocenters. The van der Waals surface area contributed by atoms with Gasteiger partial charge in [-0.1, -0.05) is 6.07 Å². The molecule has 0 radical (unpaired) electrons. The Hall–Kier alpha value is -1.42. The summed E-state index contributed by atoms with van der Waals surface area (Å²) >= 11 is 0. The number of carbonyl (C=O) groups excluding carboxylic acids is 1. The van der Waals surface area contributed by atoms with Crippen LogP contribution in [0.4, 0.5) is 0 Å². The smallest absolute Gasteiger partial charge is 0.272 e. The Bertz CT molecular complexity index is 392. The van der Waals surface area contributed by atoms with Crippen LogP contribution >= 0.6 is 0 Å². The van der Waals surface area contributed by atoms with E-state index >= 15 is 0 Å². The molecule has 0 bridgehead atoms. The van der Waals surface area contributed by atoms with Gasteiger partial charge in [0.25, 0.3) is 5.91 Å². The average Bonchev–Trinajstić information content (AvgIpc) is 2.28. The zero-order valence-electron chi connectivity index (χ0n) is 9.73. The summed E-state index contributed by atoms with van der Waals surface area (Å²) in [7, 11) is 0. The minimum Gasteiger partial charge on any atom is -0.334 e. The standard InChI is InChI=1S/C12H17N3O/c1-9-4-3-5-11(14-9)12(16)15-7-6-13-10(2)8-15/h3-5,10,13H,6-8H2,1-2H3. The minimum atomic E-state index is 0.0389. The van der Waals surface area contributed by atoms with E-state index in [-0.39, 0.29) is 5.91 Å². The van der Waals surface area contributed by atoms with E-state index in [0.717, 1.165) is 25.3 Å². The Morgan fingerprint density at radius 3 is 3.06 bits per heavy atom. The zero-order valence-corrected chi connectivity index (χ0v) is 9.73. The van der Waals surface area contributed by atoms with E-state index < -0.39 is 0 Å². The number of rotatable bonds is 1. The summed E-state index contributed by atoms with van der Waals surface area (Å²) in [5.74, 6) is 0.0389. The fraction of sp³-hybridized carbons (Fsp3) is 0.500. The minimum absolute atomic E-state index is 0.0389. The Kier molecular flexibility index (Phi) is 3.19. The third kappa shape index (κ3) is 2.39. The molecule has 1 aliphatic rings. The molecule has 1 saturated heterocycles. The number of amides is 1. The van der Waals surface area contributed by atoms with Crippen LogP contribution in [0.1, 0.15) is 23.1 Å². The SMILES string of the molecule is Cc1cccc(C(=O)N2CCNC(C)C2)n1. The summed E-state index contributed by atoms with van der Waals surface area (Å²) in [6.45, 7) is 6.37. The molecule has 1 fully saturated rings. The first-order chi connectivity index (χ1) is 7.66. The number of pyridine rings is 1. The molecule has 0 saturated carbocycles. The van der Waals surface area contributed by atoms with Gasteiger partial charge in [0.2, 0.25) is 0 Å². The van der Waals surface area contributed by atoms with Crippen LogP contribution in [0.3, 0.4) is 0 Å². The van der Waals surface area contributed by atoms with E-state index in [1.165, 1.54) is 0 Å². The highest BCUT2D eigenvalue weighted by Gasteiger charge is 2.22. The quantitative estimate of drug-likeness (QED) is 0.760. The summed E-state index contributed by atoms with van der Waals surface area (Å²) < 4.78 is 0. The molecule has 1 aliphatic heterocycles. The van der Waals surface area contributed by atoms with Crippen LogP contribution in [0.25, 0.3) is 0 Å². The van der Waals surface area contributed by atoms with Crippen molar-refractivity contribution < 1.29 is 4.79 Å². The summed E-state index contributed by atoms with van der Waals surface area (Å²) in [5, 5.41) is 3.32. The average molecular weight is 219 g/mol. The van der Waals surface area contributed by atoms with E-state index in [9.17, 15) is 4.79 Å². The van der Waals surface area contributed by atoms with Crippen molar-refractivity contribution in [2.45, 2.75) is 19.9 Å². The van der Waals surface area contributed by atoms with Crippen molar-refractivity contribution in [3.05, 3.63) is 29.6 Å². The molecule has 0 aromatic carbocycles. The second-order valence-corrected chi connectivity index (χ2v) is 4.27. The highest BCUT2D eigenvalue weighted by atomic mass is 16.2. The number of nitrogens with one attached hydrogen (secondary N) is 1. The van der Waals surface area contributed by atoms with E-state index in [1.54, 1.807) is 6.07 Å². The maximum atomic E-state index is 12.1. The number of aryl methyl sites for hydroxylation is 1. The van der Waals surface area contributed by atoms with Crippen molar-refractivity contribution in [1.82, 2.24) is 15.2 Å². The number of hydrogen-bond acceptors (Lipinski definition) is 3. The third-order valence-electron chi connectivity index (χ3n) is 2.76. The van der Waals surface area contributed by atoms with E-state index in [0.29, 0.717) is 11.7 Å². The lowest BCUT2D eigenvalue weighted by molar-refractivity contribution is 0.0703. The Morgan fingerprint density at radius 1 is 1.56 bits per heavy atom. The fourth-order valence-electron chi connectivity index (χ4n) is 1.94. The first-order valence-electron chi connectivity index (χ1n) is 5.63. The maximum absolute atomic E-state index is 12.1. The second kappa shape index (κ2) is 4.61. The van der Waals surface area contributed by atoms with Crippen LogP contribution in [-0.4, -0.2) is 41.5 Å². The Morgan fingerprint density at radius 2 is 2.38 bits per heavy atom. The van der Waals surface area contributed by atoms with Crippen molar-refractivity contribution in [2.75, 3.05) is 19.6 Å². The molecule has 0 aliphatic carbocycles. The van der Waals surface area contributed by atoms with Gasteiger partial charge in [-0.3, -0.25) is 4.79 Å². The number of carbonyl (C=O) groups is 1. The van der Waals surface area contributed by atoms with Crippen LogP contribution in [-0.2, 0) is 0 Å². The highest BCUT2D eigenvalue weighted by molar-refractivity contribution is 5.92. The maximum Gasteiger partial charge on any atom is 0.272 e. The molecule has 1 aromatic rings. The van der Waals surface area contributed by atoms with Crippen molar-refractivity contribution in [3.8, 4) is 0 Å². The molecule has 2 rings (SSSR count). The van der Waals surface area contributed by atoms with Crippen molar-refractivity contribution in [3.63, 3.8) is 0 Å². The summed E-state index contributed by atoms with van der Waals surface area (Å²) in [5.41, 5.74) is 1.43. The largest absolute Gasteiger partial charge is 0.334 e. The molecule has 16 heavy (non-hydrogen) atoms. The number of piperazine rings is 1. The molecular weight excluding hydrogens is 202 g/mol. The molecular formula is C12H17N3O. The molecule has 1 N–H and O–H groups in total. The van der Waals surface area contributed by atoms with Crippen LogP contribution < -0.4 is 5.32 Å². The van der Waals surface area contributed by atoms with Crippen LogP contribution in [0.5, 0.6) is 0 Å². The van der Waals surface area contributed by atoms with Crippen LogP contribution in [0, 0.1) is 6.92 Å². The van der Waals surface area contributed by atoms with Gasteiger partial charge in [-0.2, -0.15) is 0 Å². The first-order valence-corrected chi connectivity index (χ1v) is 5.63. The molecule has 4 nitrogen and oxygen atoms in total. The van der Waals surface area contributed by atoms with Crippen molar-refractivity contribution in [1.29, 1.82) is 0 Å². The van der Waals surface area contributed by atoms with Crippen LogP contribution in [0.15, 0.2) is 18.2 Å². The van der Waals surface area contributed by atoms with E-state index in [4.69, 9.17) is 0 Å². The predicted octanol–water partition coefficient (Wildman–Crippen LogP) is 0.824. The Labute approximate surface area is 95.7 Å². The summed E-state index contributed by atoms with van der Waals surface area (Å²) in [4.78, 5) is 18.3. The topological polar surface area (TPSA) is 45.2 Å². The van der Waals surface area contributed by atoms with Crippen molar-refractivity contribution >= 4 is 5.91 Å². The van der Waals surface area contributed by atoms with E-state index in [2.05, 4.69) is 17.2 Å². The predicted molar refractivity (Wildman–Crippen MR) is 62.3 cm³/mol. The fourth-order valence-corrected chi connectivity index (χ4v) is 1.94. The van der Waals surface area contributed by atoms with Gasteiger partial charge in [0.15, 0.2) is 0 Å². The van der Waals surface area contributed by atoms with Gasteiger partial charge >= 0.3 is 0 Å². The zero-order chi connectivity index (χ0) is 11.5. The number of aromatic nitrogens is 1. The Balaban J connectivity index is 2.12. The first kappa shape index (κ1) is 11.1. The lowest BCUT2D eigenvalue weighted by atomic mass is 10.2. The van der Waals surface area contributed by atoms with Gasteiger partial charge < -0.3 is 10.2 Å². The normalized spacial score (nSPS) is 20.9. The molecule has 1 aromatic heterocycles. The lowest BCUT2D eigenvalue weighted by Gasteiger charge is -2.31. The van der Waals surface area contributed by atoms with Gasteiger partial charge in [0, 0.05) is 31.4 Å². The second-order valence-electron chi connectivity index (χ2n) is 4.27. The van der Waals surface area contributed by atoms with Crippen molar-refractivity contribution in [2.24, 2.45) is 0 Å². The number of hydrogen-bond donors (Lipinski definition) is 1.